The highest BCUT2D eigenvalue weighted by Crippen LogP contribution is 2.40. The molecule has 1 saturated heterocycles. The summed E-state index contributed by atoms with van der Waals surface area (Å²) in [4.78, 5) is 48.2. The van der Waals surface area contributed by atoms with Crippen LogP contribution < -0.4 is 15.6 Å². The standard InChI is InChI=1S/C20H17FN8O5S3/c21-8-34-25-12(15-24-20(22)37-26-15)16(30)23-13-17(31)29-14(19(32)33)10(7-36-18(13)29)2-1-3-27-6-11-28(9-27)4-5-35-11/h1-2,4-6,9,13,18H,3,7-8H2,(H3-,22,23,24,26,30,32,33)/p+1/b2-1+,25-12-/t13-,18-/m1/s1. The zero-order valence-electron chi connectivity index (χ0n) is 18.7. The maximum atomic E-state index is 12.9. The quantitative estimate of drug-likeness (QED) is 0.144. The van der Waals surface area contributed by atoms with Crippen LogP contribution in [0.1, 0.15) is 5.82 Å². The van der Waals surface area contributed by atoms with E-state index in [9.17, 15) is 23.9 Å². The molecule has 2 aliphatic rings. The number of nitrogens with zero attached hydrogens (tertiary/aromatic N) is 6. The number of thiazole rings is 1. The maximum Gasteiger partial charge on any atom is 0.352 e. The number of anilines is 1. The Bertz CT molecular complexity index is 1450. The first-order valence-electron chi connectivity index (χ1n) is 10.6. The van der Waals surface area contributed by atoms with Crippen LogP contribution in [0.5, 0.6) is 0 Å². The molecule has 192 valence electrons. The van der Waals surface area contributed by atoms with Crippen LogP contribution in [0, 0.1) is 0 Å². The van der Waals surface area contributed by atoms with Crippen LogP contribution >= 0.6 is 34.6 Å². The summed E-state index contributed by atoms with van der Waals surface area (Å²) in [6.45, 7) is -0.778. The van der Waals surface area contributed by atoms with Crippen molar-refractivity contribution >= 4 is 68.1 Å². The Hall–Kier alpha value is -3.83. The third kappa shape index (κ3) is 4.79. The van der Waals surface area contributed by atoms with Crippen LogP contribution in [-0.4, -0.2) is 71.3 Å². The zero-order chi connectivity index (χ0) is 26.1. The second-order valence-corrected chi connectivity index (χ2v) is 10.5. The molecule has 2 amide bonds. The van der Waals surface area contributed by atoms with Gasteiger partial charge in [-0.2, -0.15) is 13.8 Å². The molecule has 0 saturated carbocycles. The van der Waals surface area contributed by atoms with Crippen LogP contribution in [0.25, 0.3) is 4.83 Å². The molecule has 0 aliphatic carbocycles. The smallest absolute Gasteiger partial charge is 0.352 e. The predicted molar refractivity (Wildman–Crippen MR) is 132 cm³/mol. The minimum Gasteiger partial charge on any atom is -0.477 e. The summed E-state index contributed by atoms with van der Waals surface area (Å²) in [6.07, 6.45) is 9.37. The number of aromatic nitrogens is 4. The van der Waals surface area contributed by atoms with E-state index in [1.807, 2.05) is 39.1 Å². The van der Waals surface area contributed by atoms with Gasteiger partial charge in [0.05, 0.1) is 0 Å². The fraction of sp³-hybridized carbons (Fsp3) is 0.250. The summed E-state index contributed by atoms with van der Waals surface area (Å²) in [7, 11) is 0. The highest BCUT2D eigenvalue weighted by molar-refractivity contribution is 8.00. The van der Waals surface area contributed by atoms with E-state index < -0.39 is 41.8 Å². The van der Waals surface area contributed by atoms with Gasteiger partial charge < -0.3 is 21.0 Å². The number of nitrogens with two attached hydrogens (primary N) is 1. The molecule has 5 heterocycles. The van der Waals surface area contributed by atoms with E-state index in [1.54, 1.807) is 17.4 Å². The first-order chi connectivity index (χ1) is 17.9. The first-order valence-corrected chi connectivity index (χ1v) is 13.3. The number of imidazole rings is 1. The SMILES string of the molecule is Nc1nc(/C(=N/OCF)C(=O)N[C@@H]2C(=O)N3C(C(=O)O)=C(/C=C/C[n+]4cc5sccn5c4)CS[C@H]23)ns1. The van der Waals surface area contributed by atoms with Gasteiger partial charge in [-0.15, -0.1) is 11.8 Å². The fourth-order valence-corrected chi connectivity index (χ4v) is 6.34. The van der Waals surface area contributed by atoms with Gasteiger partial charge in [-0.3, -0.25) is 14.5 Å². The lowest BCUT2D eigenvalue weighted by Crippen LogP contribution is -2.71. The van der Waals surface area contributed by atoms with Gasteiger partial charge in [0.1, 0.15) is 36.1 Å². The number of carbonyl (C=O) groups excluding carboxylic acids is 2. The molecule has 0 spiro atoms. The third-order valence-corrected chi connectivity index (χ3v) is 8.07. The van der Waals surface area contributed by atoms with Gasteiger partial charge in [0.25, 0.3) is 18.7 Å². The van der Waals surface area contributed by atoms with Gasteiger partial charge in [0.2, 0.25) is 22.7 Å². The maximum absolute atomic E-state index is 12.9. The molecule has 0 unspecified atom stereocenters. The second kappa shape index (κ2) is 10.3. The molecule has 2 aliphatic heterocycles. The number of oxime groups is 1. The Morgan fingerprint density at radius 2 is 2.30 bits per heavy atom. The number of allylic oxidation sites excluding steroid dienone is 2. The number of alkyl halides is 1. The number of halogens is 1. The van der Waals surface area contributed by atoms with E-state index in [1.165, 1.54) is 11.8 Å². The van der Waals surface area contributed by atoms with Crippen molar-refractivity contribution in [3.63, 3.8) is 0 Å². The lowest BCUT2D eigenvalue weighted by atomic mass is 10.0. The highest BCUT2D eigenvalue weighted by atomic mass is 32.2. The third-order valence-electron chi connectivity index (χ3n) is 5.41. The minimum atomic E-state index is -1.30. The summed E-state index contributed by atoms with van der Waals surface area (Å²) < 4.78 is 20.3. The average molecular weight is 566 g/mol. The lowest BCUT2D eigenvalue weighted by Gasteiger charge is -2.49. The predicted octanol–water partition coefficient (Wildman–Crippen LogP) is 0.365. The summed E-state index contributed by atoms with van der Waals surface area (Å²) >= 11 is 3.71. The van der Waals surface area contributed by atoms with Gasteiger partial charge >= 0.3 is 5.97 Å². The topological polar surface area (TPSA) is 168 Å². The van der Waals surface area contributed by atoms with Gasteiger partial charge in [-0.05, 0) is 11.6 Å². The fourth-order valence-electron chi connectivity index (χ4n) is 3.83. The van der Waals surface area contributed by atoms with Crippen molar-refractivity contribution in [2.24, 2.45) is 5.16 Å². The summed E-state index contributed by atoms with van der Waals surface area (Å²) in [5.41, 5.74) is 5.43. The molecule has 0 aromatic carbocycles. The van der Waals surface area contributed by atoms with Crippen LogP contribution in [0.4, 0.5) is 9.52 Å². The Morgan fingerprint density at radius 3 is 3.00 bits per heavy atom. The Balaban J connectivity index is 1.30. The second-order valence-electron chi connectivity index (χ2n) is 7.67. The zero-order valence-corrected chi connectivity index (χ0v) is 21.1. The number of β-lactam (4-membered cyclic amide) rings is 1. The average Bonchev–Trinajstić information content (AvgIpc) is 3.59. The molecular formula is C20H18FN8O5S3+. The Kier molecular flexibility index (Phi) is 6.90. The molecule has 37 heavy (non-hydrogen) atoms. The molecule has 1 fully saturated rings. The molecule has 0 radical (unpaired) electrons. The first kappa shape index (κ1) is 24.8. The van der Waals surface area contributed by atoms with Crippen LogP contribution in [0.2, 0.25) is 0 Å². The van der Waals surface area contributed by atoms with E-state index in [2.05, 4.69) is 24.7 Å². The highest BCUT2D eigenvalue weighted by Gasteiger charge is 2.54. The number of carbonyl (C=O) groups is 3. The molecule has 4 N–H and O–H groups in total. The van der Waals surface area contributed by atoms with Crippen LogP contribution in [-0.2, 0) is 25.8 Å². The number of hydrogen-bond acceptors (Lipinski definition) is 11. The molecule has 0 bridgehead atoms. The van der Waals surface area contributed by atoms with E-state index in [0.29, 0.717) is 17.9 Å². The number of carboxylic acid groups (broad SMARTS) is 1. The number of fused-ring (bicyclic) bond motifs is 2. The minimum absolute atomic E-state index is 0.0525. The van der Waals surface area contributed by atoms with Crippen LogP contribution in [0.3, 0.4) is 0 Å². The summed E-state index contributed by atoms with van der Waals surface area (Å²) in [5, 5.41) is 17.1. The molecule has 3 aromatic rings. The summed E-state index contributed by atoms with van der Waals surface area (Å²) in [5.74, 6) is -2.62. The van der Waals surface area contributed by atoms with Gasteiger partial charge in [-0.25, -0.2) is 13.8 Å². The molecule has 17 heteroatoms. The summed E-state index contributed by atoms with van der Waals surface area (Å²) in [6, 6.07) is -1.03. The monoisotopic (exact) mass is 565 g/mol. The molecule has 3 aromatic heterocycles. The largest absolute Gasteiger partial charge is 0.477 e. The molecule has 5 rings (SSSR count). The van der Waals surface area contributed by atoms with E-state index in [-0.39, 0.29) is 16.7 Å². The number of amides is 2. The van der Waals surface area contributed by atoms with Crippen molar-refractivity contribution in [1.82, 2.24) is 24.0 Å². The van der Waals surface area contributed by atoms with Gasteiger partial charge in [0, 0.05) is 22.7 Å². The molecule has 13 nitrogen and oxygen atoms in total. The molecule has 2 atom stereocenters. The van der Waals surface area contributed by atoms with E-state index in [0.717, 1.165) is 21.3 Å². The van der Waals surface area contributed by atoms with E-state index in [4.69, 9.17) is 5.73 Å². The van der Waals surface area contributed by atoms with Crippen LogP contribution in [0.15, 0.2) is 52.7 Å². The van der Waals surface area contributed by atoms with Gasteiger partial charge in [0.15, 0.2) is 5.13 Å². The number of hydrogen-bond donors (Lipinski definition) is 3. The number of aliphatic carboxylic acids is 1. The van der Waals surface area contributed by atoms with Crippen molar-refractivity contribution in [3.05, 3.63) is 53.3 Å². The number of nitrogens with one attached hydrogen (secondary N) is 1. The van der Waals surface area contributed by atoms with Crippen molar-refractivity contribution in [1.29, 1.82) is 0 Å². The Morgan fingerprint density at radius 1 is 1.46 bits per heavy atom. The number of rotatable bonds is 9. The van der Waals surface area contributed by atoms with Crippen molar-refractivity contribution in [2.75, 3.05) is 18.3 Å². The van der Waals surface area contributed by atoms with E-state index >= 15 is 0 Å². The number of nitrogen functional groups attached to an aromatic ring is 1. The van der Waals surface area contributed by atoms with Crippen molar-refractivity contribution in [3.8, 4) is 0 Å². The number of thioether (sulfide) groups is 1. The molecular weight excluding hydrogens is 547 g/mol. The normalized spacial score (nSPS) is 19.9. The number of carboxylic acids is 1. The van der Waals surface area contributed by atoms with Crippen molar-refractivity contribution in [2.45, 2.75) is 18.0 Å². The van der Waals surface area contributed by atoms with Crippen molar-refractivity contribution < 1.29 is 33.3 Å². The van der Waals surface area contributed by atoms with Gasteiger partial charge in [-0.1, -0.05) is 22.6 Å². The Labute approximate surface area is 219 Å². The lowest BCUT2D eigenvalue weighted by molar-refractivity contribution is -0.685.